The summed E-state index contributed by atoms with van der Waals surface area (Å²) >= 11 is 3.22. The molecule has 0 heterocycles. The van der Waals surface area contributed by atoms with E-state index in [4.69, 9.17) is 0 Å². The molecule has 0 fully saturated rings. The van der Waals surface area contributed by atoms with Gasteiger partial charge in [-0.1, -0.05) is 48.5 Å². The van der Waals surface area contributed by atoms with Crippen LogP contribution in [0.15, 0.2) is 59.1 Å². The number of aliphatic hydroxyl groups is 1. The molecule has 0 bridgehead atoms. The maximum absolute atomic E-state index is 13.7. The molecule has 1 nitrogen and oxygen atoms in total. The molecule has 0 aliphatic rings. The fourth-order valence-electron chi connectivity index (χ4n) is 2.61. The summed E-state index contributed by atoms with van der Waals surface area (Å²) in [5.41, 5.74) is 2.46. The normalized spacial score (nSPS) is 12.6. The van der Waals surface area contributed by atoms with Gasteiger partial charge in [0, 0.05) is 5.56 Å². The molecule has 0 saturated carbocycles. The van der Waals surface area contributed by atoms with Crippen LogP contribution in [0.2, 0.25) is 0 Å². The Morgan fingerprint density at radius 1 is 0.905 bits per heavy atom. The van der Waals surface area contributed by atoms with E-state index in [0.29, 0.717) is 10.0 Å². The second-order valence-electron chi connectivity index (χ2n) is 5.06. The van der Waals surface area contributed by atoms with Crippen LogP contribution in [0, 0.1) is 12.7 Å². The lowest BCUT2D eigenvalue weighted by atomic mass is 9.94. The number of rotatable bonds is 2. The molecule has 3 aromatic rings. The Hall–Kier alpha value is -1.71. The van der Waals surface area contributed by atoms with Crippen molar-refractivity contribution in [3.05, 3.63) is 81.6 Å². The first-order chi connectivity index (χ1) is 10.1. The molecular formula is C18H14BrFO. The van der Waals surface area contributed by atoms with E-state index in [0.717, 1.165) is 21.9 Å². The van der Waals surface area contributed by atoms with Crippen molar-refractivity contribution >= 4 is 26.7 Å². The third-order valence-electron chi connectivity index (χ3n) is 3.75. The minimum Gasteiger partial charge on any atom is -0.384 e. The molecule has 0 saturated heterocycles. The van der Waals surface area contributed by atoms with Crippen molar-refractivity contribution in [1.82, 2.24) is 0 Å². The lowest BCUT2D eigenvalue weighted by Crippen LogP contribution is -2.03. The molecular weight excluding hydrogens is 331 g/mol. The minimum atomic E-state index is -0.874. The van der Waals surface area contributed by atoms with Gasteiger partial charge in [0.2, 0.25) is 0 Å². The Balaban J connectivity index is 2.21. The monoisotopic (exact) mass is 344 g/mol. The molecule has 3 heteroatoms. The van der Waals surface area contributed by atoms with Crippen LogP contribution in [-0.2, 0) is 0 Å². The Bertz CT molecular complexity index is 813. The summed E-state index contributed by atoms with van der Waals surface area (Å²) in [6, 6.07) is 16.5. The fraction of sp³-hybridized carbons (Fsp3) is 0.111. The van der Waals surface area contributed by atoms with Crippen LogP contribution in [0.5, 0.6) is 0 Å². The molecule has 0 aliphatic carbocycles. The minimum absolute atomic E-state index is 0.308. The summed E-state index contributed by atoms with van der Waals surface area (Å²) in [6.45, 7) is 2.04. The van der Waals surface area contributed by atoms with Gasteiger partial charge < -0.3 is 5.11 Å². The second kappa shape index (κ2) is 5.58. The van der Waals surface area contributed by atoms with Gasteiger partial charge >= 0.3 is 0 Å². The molecule has 106 valence electrons. The number of hydrogen-bond acceptors (Lipinski definition) is 1. The highest BCUT2D eigenvalue weighted by molar-refractivity contribution is 9.10. The molecule has 3 aromatic carbocycles. The molecule has 0 aliphatic heterocycles. The first-order valence-corrected chi connectivity index (χ1v) is 7.49. The molecule has 0 spiro atoms. The van der Waals surface area contributed by atoms with Gasteiger partial charge in [-0.2, -0.15) is 0 Å². The lowest BCUT2D eigenvalue weighted by molar-refractivity contribution is 0.220. The Labute approximate surface area is 131 Å². The molecule has 0 aromatic heterocycles. The Morgan fingerprint density at radius 3 is 2.38 bits per heavy atom. The van der Waals surface area contributed by atoms with Crippen LogP contribution >= 0.6 is 15.9 Å². The van der Waals surface area contributed by atoms with Crippen molar-refractivity contribution in [3.8, 4) is 0 Å². The van der Waals surface area contributed by atoms with Gasteiger partial charge in [-0.15, -0.1) is 0 Å². The number of benzene rings is 3. The van der Waals surface area contributed by atoms with Crippen molar-refractivity contribution in [2.75, 3.05) is 0 Å². The van der Waals surface area contributed by atoms with Crippen LogP contribution in [0.25, 0.3) is 10.8 Å². The quantitative estimate of drug-likeness (QED) is 0.683. The predicted octanol–water partition coefficient (Wildman–Crippen LogP) is 5.13. The van der Waals surface area contributed by atoms with Gasteiger partial charge in [0.15, 0.2) is 0 Å². The largest absolute Gasteiger partial charge is 0.384 e. The first-order valence-electron chi connectivity index (χ1n) is 6.70. The predicted molar refractivity (Wildman–Crippen MR) is 86.8 cm³/mol. The van der Waals surface area contributed by atoms with E-state index in [2.05, 4.69) is 15.9 Å². The van der Waals surface area contributed by atoms with E-state index in [1.54, 1.807) is 12.1 Å². The maximum Gasteiger partial charge on any atom is 0.137 e. The van der Waals surface area contributed by atoms with Crippen molar-refractivity contribution < 1.29 is 9.50 Å². The number of halogens is 2. The highest BCUT2D eigenvalue weighted by atomic mass is 79.9. The van der Waals surface area contributed by atoms with E-state index in [9.17, 15) is 9.50 Å². The number of aryl methyl sites for hydroxylation is 1. The molecule has 21 heavy (non-hydrogen) atoms. The van der Waals surface area contributed by atoms with Gasteiger partial charge in [-0.25, -0.2) is 4.39 Å². The molecule has 1 atom stereocenters. The zero-order valence-corrected chi connectivity index (χ0v) is 13.1. The fourth-order valence-corrected chi connectivity index (χ4v) is 3.09. The average Bonchev–Trinajstić information content (AvgIpc) is 2.50. The summed E-state index contributed by atoms with van der Waals surface area (Å²) in [4.78, 5) is 0. The average molecular weight is 345 g/mol. The van der Waals surface area contributed by atoms with Gasteiger partial charge in [-0.05, 0) is 50.8 Å². The van der Waals surface area contributed by atoms with E-state index in [-0.39, 0.29) is 5.82 Å². The van der Waals surface area contributed by atoms with Crippen LogP contribution in [0.1, 0.15) is 22.8 Å². The van der Waals surface area contributed by atoms with Gasteiger partial charge in [0.1, 0.15) is 11.9 Å². The topological polar surface area (TPSA) is 20.2 Å². The SMILES string of the molecule is Cc1ccc(C(O)c2cccc(F)c2Br)c2ccccc12. The molecule has 1 unspecified atom stereocenters. The molecule has 0 amide bonds. The van der Waals surface area contributed by atoms with Gasteiger partial charge in [0.05, 0.1) is 4.47 Å². The Kier molecular flexibility index (Phi) is 3.79. The zero-order chi connectivity index (χ0) is 15.0. The van der Waals surface area contributed by atoms with E-state index in [1.807, 2.05) is 43.3 Å². The number of hydrogen-bond donors (Lipinski definition) is 1. The van der Waals surface area contributed by atoms with Crippen molar-refractivity contribution in [2.24, 2.45) is 0 Å². The van der Waals surface area contributed by atoms with Gasteiger partial charge in [-0.3, -0.25) is 0 Å². The third kappa shape index (κ3) is 2.47. The van der Waals surface area contributed by atoms with Crippen LogP contribution in [-0.4, -0.2) is 5.11 Å². The summed E-state index contributed by atoms with van der Waals surface area (Å²) in [6.07, 6.45) is -0.874. The van der Waals surface area contributed by atoms with Crippen molar-refractivity contribution in [1.29, 1.82) is 0 Å². The number of fused-ring (bicyclic) bond motifs is 1. The smallest absolute Gasteiger partial charge is 0.137 e. The van der Waals surface area contributed by atoms with E-state index in [1.165, 1.54) is 6.07 Å². The zero-order valence-electron chi connectivity index (χ0n) is 11.5. The maximum atomic E-state index is 13.7. The van der Waals surface area contributed by atoms with E-state index >= 15 is 0 Å². The highest BCUT2D eigenvalue weighted by Crippen LogP contribution is 2.34. The van der Waals surface area contributed by atoms with Crippen molar-refractivity contribution in [3.63, 3.8) is 0 Å². The number of aliphatic hydroxyl groups excluding tert-OH is 1. The standard InChI is InChI=1S/C18H14BrFO/c1-11-9-10-14(13-6-3-2-5-12(11)13)18(21)15-7-4-8-16(20)17(15)19/h2-10,18,21H,1H3. The second-order valence-corrected chi connectivity index (χ2v) is 5.86. The first kappa shape index (κ1) is 14.2. The van der Waals surface area contributed by atoms with Gasteiger partial charge in [0.25, 0.3) is 0 Å². The van der Waals surface area contributed by atoms with Crippen molar-refractivity contribution in [2.45, 2.75) is 13.0 Å². The summed E-state index contributed by atoms with van der Waals surface area (Å²) in [5, 5.41) is 12.8. The summed E-state index contributed by atoms with van der Waals surface area (Å²) in [7, 11) is 0. The highest BCUT2D eigenvalue weighted by Gasteiger charge is 2.18. The molecule has 3 rings (SSSR count). The lowest BCUT2D eigenvalue weighted by Gasteiger charge is -2.17. The summed E-state index contributed by atoms with van der Waals surface area (Å²) < 4.78 is 14.0. The molecule has 0 radical (unpaired) electrons. The van der Waals surface area contributed by atoms with Crippen LogP contribution in [0.4, 0.5) is 4.39 Å². The third-order valence-corrected chi connectivity index (χ3v) is 4.58. The van der Waals surface area contributed by atoms with Crippen LogP contribution < -0.4 is 0 Å². The Morgan fingerprint density at radius 2 is 1.62 bits per heavy atom. The van der Waals surface area contributed by atoms with E-state index < -0.39 is 6.10 Å². The summed E-state index contributed by atoms with van der Waals surface area (Å²) in [5.74, 6) is -0.372. The molecule has 1 N–H and O–H groups in total. The van der Waals surface area contributed by atoms with Crippen LogP contribution in [0.3, 0.4) is 0 Å².